The quantitative estimate of drug-likeness (QED) is 0.713. The molecular formula is C12H8ClFN4. The molecule has 90 valence electrons. The zero-order valence-electron chi connectivity index (χ0n) is 9.22. The van der Waals surface area contributed by atoms with Crippen molar-refractivity contribution in [2.45, 2.75) is 6.42 Å². The van der Waals surface area contributed by atoms with E-state index in [4.69, 9.17) is 11.6 Å². The van der Waals surface area contributed by atoms with Crippen molar-refractivity contribution in [3.05, 3.63) is 58.8 Å². The molecule has 6 heteroatoms. The largest absolute Gasteiger partial charge is 0.207 e. The highest BCUT2D eigenvalue weighted by Crippen LogP contribution is 2.11. The van der Waals surface area contributed by atoms with E-state index in [1.54, 1.807) is 28.8 Å². The van der Waals surface area contributed by atoms with Gasteiger partial charge in [-0.05, 0) is 29.8 Å². The molecule has 0 aliphatic rings. The molecule has 4 nitrogen and oxygen atoms in total. The molecular weight excluding hydrogens is 255 g/mol. The van der Waals surface area contributed by atoms with Crippen LogP contribution < -0.4 is 0 Å². The molecule has 1 aromatic carbocycles. The van der Waals surface area contributed by atoms with Gasteiger partial charge in [0.15, 0.2) is 11.5 Å². The summed E-state index contributed by atoms with van der Waals surface area (Å²) in [6.45, 7) is 0. The van der Waals surface area contributed by atoms with Crippen LogP contribution in [0.15, 0.2) is 36.4 Å². The summed E-state index contributed by atoms with van der Waals surface area (Å²) < 4.78 is 14.4. The summed E-state index contributed by atoms with van der Waals surface area (Å²) in [6.07, 6.45) is 0.523. The first-order valence-corrected chi connectivity index (χ1v) is 5.71. The van der Waals surface area contributed by atoms with E-state index >= 15 is 0 Å². The molecule has 0 amide bonds. The predicted molar refractivity (Wildman–Crippen MR) is 65.0 cm³/mol. The van der Waals surface area contributed by atoms with Gasteiger partial charge >= 0.3 is 0 Å². The number of hydrogen-bond acceptors (Lipinski definition) is 3. The van der Waals surface area contributed by atoms with Gasteiger partial charge < -0.3 is 0 Å². The van der Waals surface area contributed by atoms with Gasteiger partial charge in [-0.25, -0.2) is 4.39 Å². The van der Waals surface area contributed by atoms with Crippen molar-refractivity contribution in [2.24, 2.45) is 0 Å². The Morgan fingerprint density at radius 3 is 2.61 bits per heavy atom. The Balaban J connectivity index is 1.99. The van der Waals surface area contributed by atoms with Crippen molar-refractivity contribution < 1.29 is 4.39 Å². The van der Waals surface area contributed by atoms with Gasteiger partial charge in [-0.2, -0.15) is 9.61 Å². The van der Waals surface area contributed by atoms with Gasteiger partial charge in [0.25, 0.3) is 0 Å². The molecule has 18 heavy (non-hydrogen) atoms. The van der Waals surface area contributed by atoms with Gasteiger partial charge in [-0.1, -0.05) is 23.7 Å². The molecule has 0 radical (unpaired) electrons. The smallest absolute Gasteiger partial charge is 0.178 e. The number of fused-ring (bicyclic) bond motifs is 1. The summed E-state index contributed by atoms with van der Waals surface area (Å²) in [5.74, 6) is 0.408. The van der Waals surface area contributed by atoms with Crippen LogP contribution in [0.2, 0.25) is 5.15 Å². The maximum absolute atomic E-state index is 12.8. The third-order valence-corrected chi connectivity index (χ3v) is 2.77. The Morgan fingerprint density at radius 1 is 1.06 bits per heavy atom. The fourth-order valence-electron chi connectivity index (χ4n) is 1.71. The van der Waals surface area contributed by atoms with Gasteiger partial charge in [0.2, 0.25) is 0 Å². The molecule has 0 saturated carbocycles. The van der Waals surface area contributed by atoms with Crippen LogP contribution >= 0.6 is 11.6 Å². The van der Waals surface area contributed by atoms with Crippen molar-refractivity contribution in [3.63, 3.8) is 0 Å². The molecule has 3 rings (SSSR count). The maximum atomic E-state index is 12.8. The van der Waals surface area contributed by atoms with Crippen molar-refractivity contribution in [1.29, 1.82) is 0 Å². The van der Waals surface area contributed by atoms with Crippen LogP contribution in [-0.4, -0.2) is 19.8 Å². The van der Waals surface area contributed by atoms with Gasteiger partial charge in [-0.3, -0.25) is 0 Å². The van der Waals surface area contributed by atoms with Crippen LogP contribution in [0.25, 0.3) is 5.65 Å². The van der Waals surface area contributed by atoms with E-state index in [9.17, 15) is 4.39 Å². The fourth-order valence-corrected chi connectivity index (χ4v) is 1.84. The third kappa shape index (κ3) is 2.04. The Labute approximate surface area is 107 Å². The molecule has 0 bridgehead atoms. The first-order chi connectivity index (χ1) is 8.72. The molecule has 3 aromatic rings. The minimum atomic E-state index is -0.258. The molecule has 2 heterocycles. The zero-order chi connectivity index (χ0) is 12.5. The second kappa shape index (κ2) is 4.34. The lowest BCUT2D eigenvalue weighted by Crippen LogP contribution is -2.00. The first kappa shape index (κ1) is 11.1. The Hall–Kier alpha value is -2.01. The topological polar surface area (TPSA) is 43.1 Å². The highest BCUT2D eigenvalue weighted by atomic mass is 35.5. The molecule has 0 aliphatic heterocycles. The predicted octanol–water partition coefficient (Wildman–Crippen LogP) is 2.51. The number of aromatic nitrogens is 4. The second-order valence-electron chi connectivity index (χ2n) is 3.85. The maximum Gasteiger partial charge on any atom is 0.178 e. The number of benzene rings is 1. The van der Waals surface area contributed by atoms with E-state index in [2.05, 4.69) is 15.3 Å². The van der Waals surface area contributed by atoms with E-state index in [-0.39, 0.29) is 5.82 Å². The summed E-state index contributed by atoms with van der Waals surface area (Å²) in [5.41, 5.74) is 1.57. The molecule has 0 atom stereocenters. The summed E-state index contributed by atoms with van der Waals surface area (Å²) in [7, 11) is 0. The lowest BCUT2D eigenvalue weighted by molar-refractivity contribution is 0.627. The summed E-state index contributed by atoms with van der Waals surface area (Å²) >= 11 is 5.83. The highest BCUT2D eigenvalue weighted by molar-refractivity contribution is 6.29. The summed E-state index contributed by atoms with van der Waals surface area (Å²) in [4.78, 5) is 0. The van der Waals surface area contributed by atoms with Crippen LogP contribution in [0.1, 0.15) is 11.4 Å². The van der Waals surface area contributed by atoms with Gasteiger partial charge in [0.1, 0.15) is 11.0 Å². The van der Waals surface area contributed by atoms with Crippen LogP contribution in [-0.2, 0) is 6.42 Å². The van der Waals surface area contributed by atoms with Crippen molar-refractivity contribution in [1.82, 2.24) is 19.8 Å². The number of halogens is 2. The third-order valence-electron chi connectivity index (χ3n) is 2.57. The van der Waals surface area contributed by atoms with Gasteiger partial charge in [-0.15, -0.1) is 10.2 Å². The van der Waals surface area contributed by atoms with E-state index in [1.807, 2.05) is 0 Å². The van der Waals surface area contributed by atoms with Crippen LogP contribution in [0.5, 0.6) is 0 Å². The number of hydrogen-bond donors (Lipinski definition) is 0. The highest BCUT2D eigenvalue weighted by Gasteiger charge is 2.08. The van der Waals surface area contributed by atoms with Crippen molar-refractivity contribution in [3.8, 4) is 0 Å². The van der Waals surface area contributed by atoms with Crippen molar-refractivity contribution in [2.75, 3.05) is 0 Å². The molecule has 0 N–H and O–H groups in total. The average molecular weight is 263 g/mol. The molecule has 0 fully saturated rings. The normalized spacial score (nSPS) is 11.0. The molecule has 0 spiro atoms. The molecule has 0 saturated heterocycles. The summed E-state index contributed by atoms with van der Waals surface area (Å²) in [5, 5.41) is 12.6. The van der Waals surface area contributed by atoms with Gasteiger partial charge in [0, 0.05) is 6.42 Å². The average Bonchev–Trinajstić information content (AvgIpc) is 2.75. The Bertz CT molecular complexity index is 693. The molecule has 0 aliphatic carbocycles. The minimum Gasteiger partial charge on any atom is -0.207 e. The SMILES string of the molecule is Fc1ccc(Cc2nnc3ccc(Cl)nn23)cc1. The van der Waals surface area contributed by atoms with Crippen LogP contribution in [0, 0.1) is 5.82 Å². The van der Waals surface area contributed by atoms with Crippen LogP contribution in [0.4, 0.5) is 4.39 Å². The fraction of sp³-hybridized carbons (Fsp3) is 0.0833. The first-order valence-electron chi connectivity index (χ1n) is 5.34. The molecule has 0 unspecified atom stereocenters. The molecule has 2 aromatic heterocycles. The number of rotatable bonds is 2. The Morgan fingerprint density at radius 2 is 1.83 bits per heavy atom. The van der Waals surface area contributed by atoms with Gasteiger partial charge in [0.05, 0.1) is 0 Å². The lowest BCUT2D eigenvalue weighted by atomic mass is 10.1. The number of nitrogens with zero attached hydrogens (tertiary/aromatic N) is 4. The lowest BCUT2D eigenvalue weighted by Gasteiger charge is -2.00. The minimum absolute atomic E-state index is 0.258. The Kier molecular flexibility index (Phi) is 2.68. The zero-order valence-corrected chi connectivity index (χ0v) is 9.97. The van der Waals surface area contributed by atoms with E-state index in [1.165, 1.54) is 12.1 Å². The van der Waals surface area contributed by atoms with Crippen molar-refractivity contribution >= 4 is 17.2 Å². The summed E-state index contributed by atoms with van der Waals surface area (Å²) in [6, 6.07) is 9.66. The van der Waals surface area contributed by atoms with E-state index in [0.717, 1.165) is 5.56 Å². The second-order valence-corrected chi connectivity index (χ2v) is 4.23. The van der Waals surface area contributed by atoms with E-state index in [0.29, 0.717) is 23.0 Å². The van der Waals surface area contributed by atoms with E-state index < -0.39 is 0 Å². The standard InChI is InChI=1S/C12H8ClFN4/c13-10-5-6-11-15-16-12(18(11)17-10)7-8-1-3-9(14)4-2-8/h1-6H,7H2. The van der Waals surface area contributed by atoms with Crippen LogP contribution in [0.3, 0.4) is 0 Å². The monoisotopic (exact) mass is 262 g/mol.